The van der Waals surface area contributed by atoms with Crippen molar-refractivity contribution in [3.8, 4) is 0 Å². The van der Waals surface area contributed by atoms with Crippen molar-refractivity contribution in [2.24, 2.45) is 5.92 Å². The van der Waals surface area contributed by atoms with Gasteiger partial charge in [0.25, 0.3) is 0 Å². The van der Waals surface area contributed by atoms with Gasteiger partial charge in [-0.05, 0) is 25.0 Å². The zero-order chi connectivity index (χ0) is 14.8. The summed E-state index contributed by atoms with van der Waals surface area (Å²) in [5.74, 6) is -1.26. The molecule has 2 aromatic rings. The van der Waals surface area contributed by atoms with Gasteiger partial charge >= 0.3 is 5.97 Å². The van der Waals surface area contributed by atoms with Crippen LogP contribution in [0.1, 0.15) is 18.5 Å². The molecule has 2 N–H and O–H groups in total. The van der Waals surface area contributed by atoms with E-state index in [4.69, 9.17) is 0 Å². The van der Waals surface area contributed by atoms with Crippen molar-refractivity contribution in [2.75, 3.05) is 0 Å². The van der Waals surface area contributed by atoms with Gasteiger partial charge in [0, 0.05) is 18.5 Å². The second-order valence-corrected chi connectivity index (χ2v) is 5.23. The molecule has 1 aliphatic rings. The molecule has 0 unspecified atom stereocenters. The van der Waals surface area contributed by atoms with E-state index in [1.807, 2.05) is 24.3 Å². The Hall–Kier alpha value is -2.50. The van der Waals surface area contributed by atoms with Crippen LogP contribution in [0.15, 0.2) is 30.5 Å². The third-order valence-corrected chi connectivity index (χ3v) is 3.47. The number of carbonyl (C=O) groups excluding carboxylic acids is 1. The predicted octanol–water partition coefficient (Wildman–Crippen LogP) is 1.15. The number of hydrogen-bond acceptors (Lipinski definition) is 4. The van der Waals surface area contributed by atoms with E-state index in [-0.39, 0.29) is 18.2 Å². The summed E-state index contributed by atoms with van der Waals surface area (Å²) in [4.78, 5) is 31.6. The Kier molecular flexibility index (Phi) is 3.51. The summed E-state index contributed by atoms with van der Waals surface area (Å²) in [6.07, 6.45) is 3.37. The third kappa shape index (κ3) is 3.16. The number of aromatic nitrogens is 2. The van der Waals surface area contributed by atoms with Gasteiger partial charge in [-0.15, -0.1) is 0 Å². The molecule has 0 saturated heterocycles. The highest BCUT2D eigenvalue weighted by Crippen LogP contribution is 2.29. The molecule has 1 atom stereocenters. The maximum Gasteiger partial charge on any atom is 0.326 e. The van der Waals surface area contributed by atoms with Crippen molar-refractivity contribution in [1.29, 1.82) is 0 Å². The number of nitrogens with one attached hydrogen (secondary N) is 1. The van der Waals surface area contributed by atoms with Crippen LogP contribution in [0, 0.1) is 5.92 Å². The molecule has 6 heteroatoms. The van der Waals surface area contributed by atoms with Crippen molar-refractivity contribution < 1.29 is 14.7 Å². The van der Waals surface area contributed by atoms with E-state index in [2.05, 4.69) is 15.3 Å². The number of nitrogens with zero attached hydrogens (tertiary/aromatic N) is 2. The topological polar surface area (TPSA) is 92.2 Å². The fourth-order valence-corrected chi connectivity index (χ4v) is 2.14. The van der Waals surface area contributed by atoms with E-state index in [0.29, 0.717) is 11.2 Å². The summed E-state index contributed by atoms with van der Waals surface area (Å²) in [5, 5.41) is 11.8. The van der Waals surface area contributed by atoms with Crippen molar-refractivity contribution >= 4 is 22.9 Å². The molecular weight excluding hydrogens is 270 g/mol. The van der Waals surface area contributed by atoms with Crippen LogP contribution in [0.3, 0.4) is 0 Å². The molecule has 6 nitrogen and oxygen atoms in total. The molecule has 1 fully saturated rings. The zero-order valence-corrected chi connectivity index (χ0v) is 11.3. The second-order valence-electron chi connectivity index (χ2n) is 5.23. The number of para-hydroxylation sites is 2. The number of benzene rings is 1. The second kappa shape index (κ2) is 5.47. The highest BCUT2D eigenvalue weighted by atomic mass is 16.4. The van der Waals surface area contributed by atoms with Crippen LogP contribution in [0.4, 0.5) is 0 Å². The van der Waals surface area contributed by atoms with Crippen molar-refractivity contribution in [1.82, 2.24) is 15.3 Å². The molecule has 0 radical (unpaired) electrons. The first-order valence-electron chi connectivity index (χ1n) is 6.87. The smallest absolute Gasteiger partial charge is 0.326 e. The molecule has 0 aliphatic heterocycles. The number of carbonyl (C=O) groups is 2. The molecule has 1 aliphatic carbocycles. The highest BCUT2D eigenvalue weighted by Gasteiger charge is 2.32. The number of hydrogen-bond donors (Lipinski definition) is 2. The Bertz CT molecular complexity index is 697. The number of rotatable bonds is 5. The summed E-state index contributed by atoms with van der Waals surface area (Å²) < 4.78 is 0. The average Bonchev–Trinajstić information content (AvgIpc) is 3.31. The fourth-order valence-electron chi connectivity index (χ4n) is 2.14. The minimum atomic E-state index is -1.06. The summed E-state index contributed by atoms with van der Waals surface area (Å²) >= 11 is 0. The molecule has 1 aromatic carbocycles. The number of aliphatic carboxylic acids is 1. The first-order chi connectivity index (χ1) is 10.1. The first kappa shape index (κ1) is 13.5. The minimum absolute atomic E-state index is 0.0189. The van der Waals surface area contributed by atoms with Crippen LogP contribution in [-0.2, 0) is 16.0 Å². The lowest BCUT2D eigenvalue weighted by molar-refractivity contribution is -0.142. The van der Waals surface area contributed by atoms with Gasteiger partial charge in [-0.1, -0.05) is 12.1 Å². The molecule has 3 rings (SSSR count). The Morgan fingerprint density at radius 1 is 1.29 bits per heavy atom. The van der Waals surface area contributed by atoms with Gasteiger partial charge in [0.2, 0.25) is 5.91 Å². The Morgan fingerprint density at radius 2 is 2.00 bits per heavy atom. The third-order valence-electron chi connectivity index (χ3n) is 3.47. The normalized spacial score (nSPS) is 15.6. The van der Waals surface area contributed by atoms with Crippen LogP contribution in [-0.4, -0.2) is 33.0 Å². The summed E-state index contributed by atoms with van der Waals surface area (Å²) in [7, 11) is 0. The minimum Gasteiger partial charge on any atom is -0.480 e. The van der Waals surface area contributed by atoms with E-state index in [1.54, 1.807) is 6.20 Å². The van der Waals surface area contributed by atoms with Crippen LogP contribution < -0.4 is 5.32 Å². The highest BCUT2D eigenvalue weighted by molar-refractivity contribution is 5.86. The van der Waals surface area contributed by atoms with Gasteiger partial charge < -0.3 is 10.4 Å². The van der Waals surface area contributed by atoms with E-state index < -0.39 is 12.0 Å². The van der Waals surface area contributed by atoms with E-state index in [1.165, 1.54) is 0 Å². The van der Waals surface area contributed by atoms with E-state index >= 15 is 0 Å². The van der Waals surface area contributed by atoms with Crippen molar-refractivity contribution in [3.63, 3.8) is 0 Å². The molecule has 21 heavy (non-hydrogen) atoms. The first-order valence-corrected chi connectivity index (χ1v) is 6.87. The van der Waals surface area contributed by atoms with Crippen molar-refractivity contribution in [3.05, 3.63) is 36.2 Å². The lowest BCUT2D eigenvalue weighted by Gasteiger charge is -2.14. The van der Waals surface area contributed by atoms with E-state index in [9.17, 15) is 14.7 Å². The van der Waals surface area contributed by atoms with Crippen LogP contribution >= 0.6 is 0 Å². The van der Waals surface area contributed by atoms with Gasteiger partial charge in [-0.3, -0.25) is 9.78 Å². The molecule has 108 valence electrons. The zero-order valence-electron chi connectivity index (χ0n) is 11.3. The SMILES string of the molecule is O=C(N[C@H](Cc1cnc2ccccc2n1)C(=O)O)C1CC1. The van der Waals surface area contributed by atoms with Crippen LogP contribution in [0.2, 0.25) is 0 Å². The largest absolute Gasteiger partial charge is 0.480 e. The van der Waals surface area contributed by atoms with Gasteiger partial charge in [-0.25, -0.2) is 9.78 Å². The quantitative estimate of drug-likeness (QED) is 0.859. The standard InChI is InChI=1S/C15H15N3O3/c19-14(9-5-6-9)18-13(15(20)21)7-10-8-16-11-3-1-2-4-12(11)17-10/h1-4,8-9,13H,5-7H2,(H,18,19)(H,20,21)/t13-/m1/s1. The van der Waals surface area contributed by atoms with Crippen molar-refractivity contribution in [2.45, 2.75) is 25.3 Å². The Labute approximate surface area is 121 Å². The molecule has 1 heterocycles. The Balaban J connectivity index is 1.76. The maximum absolute atomic E-state index is 11.7. The average molecular weight is 285 g/mol. The summed E-state index contributed by atoms with van der Waals surface area (Å²) in [6, 6.07) is 6.42. The molecule has 1 saturated carbocycles. The van der Waals surface area contributed by atoms with Gasteiger partial charge in [-0.2, -0.15) is 0 Å². The number of carboxylic acid groups (broad SMARTS) is 1. The number of carboxylic acids is 1. The summed E-state index contributed by atoms with van der Waals surface area (Å²) in [6.45, 7) is 0. The maximum atomic E-state index is 11.7. The predicted molar refractivity (Wildman–Crippen MR) is 75.5 cm³/mol. The van der Waals surface area contributed by atoms with Gasteiger partial charge in [0.1, 0.15) is 6.04 Å². The molecule has 1 aromatic heterocycles. The molecular formula is C15H15N3O3. The molecule has 0 spiro atoms. The monoisotopic (exact) mass is 285 g/mol. The summed E-state index contributed by atoms with van der Waals surface area (Å²) in [5.41, 5.74) is 2.03. The van der Waals surface area contributed by atoms with Gasteiger partial charge in [0.15, 0.2) is 0 Å². The Morgan fingerprint density at radius 3 is 2.67 bits per heavy atom. The fraction of sp³-hybridized carbons (Fsp3) is 0.333. The van der Waals surface area contributed by atoms with E-state index in [0.717, 1.165) is 18.4 Å². The van der Waals surface area contributed by atoms with Crippen LogP contribution in [0.25, 0.3) is 11.0 Å². The number of amides is 1. The molecule has 0 bridgehead atoms. The van der Waals surface area contributed by atoms with Gasteiger partial charge in [0.05, 0.1) is 16.7 Å². The lowest BCUT2D eigenvalue weighted by Crippen LogP contribution is -2.43. The number of fused-ring (bicyclic) bond motifs is 1. The van der Waals surface area contributed by atoms with Crippen LogP contribution in [0.5, 0.6) is 0 Å². The lowest BCUT2D eigenvalue weighted by atomic mass is 10.1. The molecule has 1 amide bonds.